The molecular formula is C11H12O4S. The largest absolute Gasteiger partial charge is 0.481 e. The molecule has 86 valence electrons. The van der Waals surface area contributed by atoms with Crippen LogP contribution in [0, 0.1) is 5.92 Å². The number of aliphatic carboxylic acids is 2. The Balaban J connectivity index is 2.77. The van der Waals surface area contributed by atoms with Gasteiger partial charge in [-0.1, -0.05) is 24.3 Å². The van der Waals surface area contributed by atoms with Crippen molar-refractivity contribution in [2.45, 2.75) is 12.2 Å². The molecule has 16 heavy (non-hydrogen) atoms. The summed E-state index contributed by atoms with van der Waals surface area (Å²) in [6.45, 7) is 0. The van der Waals surface area contributed by atoms with Crippen molar-refractivity contribution in [1.29, 1.82) is 0 Å². The summed E-state index contributed by atoms with van der Waals surface area (Å²) in [7, 11) is 0. The van der Waals surface area contributed by atoms with Crippen LogP contribution in [-0.4, -0.2) is 22.2 Å². The third-order valence-electron chi connectivity index (χ3n) is 2.24. The first-order valence-corrected chi connectivity index (χ1v) is 5.32. The van der Waals surface area contributed by atoms with E-state index >= 15 is 0 Å². The maximum atomic E-state index is 10.7. The fraction of sp³-hybridized carbons (Fsp3) is 0.273. The molecule has 0 radical (unpaired) electrons. The Hall–Kier alpha value is -1.49. The van der Waals surface area contributed by atoms with Crippen LogP contribution in [0.3, 0.4) is 0 Å². The summed E-state index contributed by atoms with van der Waals surface area (Å²) in [5, 5.41) is 17.4. The molecule has 0 heterocycles. The summed E-state index contributed by atoms with van der Waals surface area (Å²) in [5.74, 6) is -3.42. The van der Waals surface area contributed by atoms with E-state index in [1.54, 1.807) is 12.1 Å². The Morgan fingerprint density at radius 2 is 1.50 bits per heavy atom. The lowest BCUT2D eigenvalue weighted by Crippen LogP contribution is -2.25. The first kappa shape index (κ1) is 12.6. The molecule has 1 aromatic rings. The van der Waals surface area contributed by atoms with Crippen LogP contribution in [-0.2, 0) is 21.8 Å². The molecule has 2 N–H and O–H groups in total. The summed E-state index contributed by atoms with van der Waals surface area (Å²) in [5.41, 5.74) is 1.70. The molecular weight excluding hydrogens is 228 g/mol. The van der Waals surface area contributed by atoms with Crippen molar-refractivity contribution in [2.75, 3.05) is 0 Å². The SMILES string of the molecule is O=C(O)C(Cc1ccc(CS)cc1)C(=O)O. The van der Waals surface area contributed by atoms with Gasteiger partial charge in [0.1, 0.15) is 0 Å². The number of hydrogen-bond donors (Lipinski definition) is 3. The van der Waals surface area contributed by atoms with Gasteiger partial charge in [0.25, 0.3) is 0 Å². The van der Waals surface area contributed by atoms with Crippen LogP contribution in [0.4, 0.5) is 0 Å². The average molecular weight is 240 g/mol. The van der Waals surface area contributed by atoms with Gasteiger partial charge in [0.2, 0.25) is 0 Å². The molecule has 0 saturated heterocycles. The van der Waals surface area contributed by atoms with E-state index < -0.39 is 17.9 Å². The molecule has 0 amide bonds. The summed E-state index contributed by atoms with van der Waals surface area (Å²) in [4.78, 5) is 21.4. The van der Waals surface area contributed by atoms with E-state index in [4.69, 9.17) is 10.2 Å². The van der Waals surface area contributed by atoms with Crippen LogP contribution < -0.4 is 0 Å². The highest BCUT2D eigenvalue weighted by Gasteiger charge is 2.25. The van der Waals surface area contributed by atoms with Crippen molar-refractivity contribution in [3.8, 4) is 0 Å². The van der Waals surface area contributed by atoms with Crippen LogP contribution >= 0.6 is 12.6 Å². The van der Waals surface area contributed by atoms with E-state index in [0.717, 1.165) is 5.56 Å². The molecule has 1 rings (SSSR count). The molecule has 0 bridgehead atoms. The normalized spacial score (nSPS) is 10.4. The lowest BCUT2D eigenvalue weighted by molar-refractivity contribution is -0.154. The summed E-state index contributed by atoms with van der Waals surface area (Å²) >= 11 is 4.09. The highest BCUT2D eigenvalue weighted by atomic mass is 32.1. The van der Waals surface area contributed by atoms with Gasteiger partial charge in [-0.2, -0.15) is 12.6 Å². The molecule has 0 aliphatic rings. The van der Waals surface area contributed by atoms with E-state index in [9.17, 15) is 9.59 Å². The van der Waals surface area contributed by atoms with Gasteiger partial charge in [-0.25, -0.2) is 0 Å². The quantitative estimate of drug-likeness (QED) is 0.538. The molecule has 0 aromatic heterocycles. The van der Waals surface area contributed by atoms with Gasteiger partial charge in [0.05, 0.1) is 0 Å². The van der Waals surface area contributed by atoms with Gasteiger partial charge in [-0.3, -0.25) is 9.59 Å². The van der Waals surface area contributed by atoms with E-state index in [-0.39, 0.29) is 6.42 Å². The molecule has 5 heteroatoms. The van der Waals surface area contributed by atoms with Crippen molar-refractivity contribution < 1.29 is 19.8 Å². The second-order valence-electron chi connectivity index (χ2n) is 3.41. The van der Waals surface area contributed by atoms with E-state index in [0.29, 0.717) is 11.3 Å². The Kier molecular flexibility index (Phi) is 4.37. The van der Waals surface area contributed by atoms with Gasteiger partial charge in [0, 0.05) is 5.75 Å². The van der Waals surface area contributed by atoms with E-state index in [2.05, 4.69) is 12.6 Å². The number of carbonyl (C=O) groups is 2. The number of hydrogen-bond acceptors (Lipinski definition) is 3. The minimum atomic E-state index is -1.39. The van der Waals surface area contributed by atoms with Gasteiger partial charge in [0.15, 0.2) is 5.92 Å². The van der Waals surface area contributed by atoms with Crippen molar-refractivity contribution in [3.63, 3.8) is 0 Å². The lowest BCUT2D eigenvalue weighted by Gasteiger charge is -2.07. The monoisotopic (exact) mass is 240 g/mol. The topological polar surface area (TPSA) is 74.6 Å². The molecule has 0 atom stereocenters. The minimum Gasteiger partial charge on any atom is -0.481 e. The fourth-order valence-corrected chi connectivity index (χ4v) is 1.51. The van der Waals surface area contributed by atoms with E-state index in [1.165, 1.54) is 0 Å². The van der Waals surface area contributed by atoms with Crippen molar-refractivity contribution in [2.24, 2.45) is 5.92 Å². The third-order valence-corrected chi connectivity index (χ3v) is 2.61. The van der Waals surface area contributed by atoms with Gasteiger partial charge >= 0.3 is 11.9 Å². The first-order valence-electron chi connectivity index (χ1n) is 4.69. The Bertz CT molecular complexity index is 371. The Labute approximate surface area is 98.3 Å². The molecule has 0 fully saturated rings. The van der Waals surface area contributed by atoms with E-state index in [1.807, 2.05) is 12.1 Å². The molecule has 0 aliphatic heterocycles. The van der Waals surface area contributed by atoms with Crippen molar-refractivity contribution in [3.05, 3.63) is 35.4 Å². The Morgan fingerprint density at radius 3 is 1.88 bits per heavy atom. The number of carboxylic acid groups (broad SMARTS) is 2. The minimum absolute atomic E-state index is 0.00246. The van der Waals surface area contributed by atoms with Crippen molar-refractivity contribution in [1.82, 2.24) is 0 Å². The summed E-state index contributed by atoms with van der Waals surface area (Å²) in [6, 6.07) is 7.07. The predicted molar refractivity (Wildman–Crippen MR) is 61.6 cm³/mol. The zero-order valence-corrected chi connectivity index (χ0v) is 9.35. The third kappa shape index (κ3) is 3.27. The van der Waals surface area contributed by atoms with Gasteiger partial charge < -0.3 is 10.2 Å². The molecule has 0 unspecified atom stereocenters. The highest BCUT2D eigenvalue weighted by molar-refractivity contribution is 7.79. The first-order chi connectivity index (χ1) is 7.54. The molecule has 0 saturated carbocycles. The number of rotatable bonds is 5. The fourth-order valence-electron chi connectivity index (χ4n) is 1.30. The number of benzene rings is 1. The van der Waals surface area contributed by atoms with Crippen LogP contribution in [0.15, 0.2) is 24.3 Å². The maximum absolute atomic E-state index is 10.7. The maximum Gasteiger partial charge on any atom is 0.318 e. The second kappa shape index (κ2) is 5.55. The molecule has 1 aromatic carbocycles. The van der Waals surface area contributed by atoms with Crippen LogP contribution in [0.1, 0.15) is 11.1 Å². The smallest absolute Gasteiger partial charge is 0.318 e. The van der Waals surface area contributed by atoms with Crippen LogP contribution in [0.2, 0.25) is 0 Å². The highest BCUT2D eigenvalue weighted by Crippen LogP contribution is 2.12. The molecule has 4 nitrogen and oxygen atoms in total. The lowest BCUT2D eigenvalue weighted by atomic mass is 9.99. The average Bonchev–Trinajstić information content (AvgIpc) is 2.25. The van der Waals surface area contributed by atoms with Gasteiger partial charge in [-0.05, 0) is 17.5 Å². The predicted octanol–water partition coefficient (Wildman–Crippen LogP) is 1.44. The van der Waals surface area contributed by atoms with Crippen LogP contribution in [0.5, 0.6) is 0 Å². The molecule has 0 spiro atoms. The standard InChI is InChI=1S/C11H12O4S/c12-10(13)9(11(14)15)5-7-1-3-8(6-16)4-2-7/h1-4,9,16H,5-6H2,(H,12,13)(H,14,15). The van der Waals surface area contributed by atoms with Crippen molar-refractivity contribution >= 4 is 24.6 Å². The second-order valence-corrected chi connectivity index (χ2v) is 3.72. The number of thiol groups is 1. The summed E-state index contributed by atoms with van der Waals surface area (Å²) < 4.78 is 0. The zero-order chi connectivity index (χ0) is 12.1. The molecule has 0 aliphatic carbocycles. The number of carboxylic acids is 2. The summed E-state index contributed by atoms with van der Waals surface area (Å²) in [6.07, 6.45) is -0.00246. The van der Waals surface area contributed by atoms with Gasteiger partial charge in [-0.15, -0.1) is 0 Å². The Morgan fingerprint density at radius 1 is 1.06 bits per heavy atom. The van der Waals surface area contributed by atoms with Crippen LogP contribution in [0.25, 0.3) is 0 Å². The zero-order valence-electron chi connectivity index (χ0n) is 8.46.